The van der Waals surface area contributed by atoms with Gasteiger partial charge in [-0.25, -0.2) is 0 Å². The van der Waals surface area contributed by atoms with Gasteiger partial charge in [-0.1, -0.05) is 152 Å². The molecule has 0 heterocycles. The summed E-state index contributed by atoms with van der Waals surface area (Å²) in [4.78, 5) is 0. The summed E-state index contributed by atoms with van der Waals surface area (Å²) in [7, 11) is 0. The Morgan fingerprint density at radius 2 is 0.625 bits per heavy atom. The summed E-state index contributed by atoms with van der Waals surface area (Å²) >= 11 is 8.14. The second-order valence-electron chi connectivity index (χ2n) is 10.6. The summed E-state index contributed by atoms with van der Waals surface area (Å²) in [6, 6.07) is 44.2. The van der Waals surface area contributed by atoms with Gasteiger partial charge in [0.05, 0.1) is 0 Å². The van der Waals surface area contributed by atoms with Gasteiger partial charge in [0.15, 0.2) is 0 Å². The van der Waals surface area contributed by atoms with Crippen molar-refractivity contribution in [3.63, 3.8) is 0 Å². The maximum atomic E-state index is 4.07. The van der Waals surface area contributed by atoms with Crippen molar-refractivity contribution in [1.82, 2.24) is 0 Å². The summed E-state index contributed by atoms with van der Waals surface area (Å²) in [5.41, 5.74) is 5.77. The topological polar surface area (TPSA) is 0 Å². The normalized spacial score (nSPS) is 13.0. The predicted molar refractivity (Wildman–Crippen MR) is 188 cm³/mol. The van der Waals surface area contributed by atoms with Crippen LogP contribution in [-0.4, -0.2) is 24.6 Å². The van der Waals surface area contributed by atoms with E-state index < -0.39 is 0 Å². The van der Waals surface area contributed by atoms with E-state index in [9.17, 15) is 0 Å². The summed E-state index contributed by atoms with van der Waals surface area (Å²) in [6.07, 6.45) is 13.0. The lowest BCUT2D eigenvalue weighted by Crippen LogP contribution is -2.02. The molecule has 0 radical (unpaired) electrons. The van der Waals surface area contributed by atoms with Gasteiger partial charge in [-0.2, -0.15) is 0 Å². The van der Waals surface area contributed by atoms with E-state index in [4.69, 9.17) is 0 Å². The molecule has 4 aromatic rings. The summed E-state index contributed by atoms with van der Waals surface area (Å²) in [6.45, 7) is -0.0934. The van der Waals surface area contributed by atoms with Crippen LogP contribution in [-0.2, 0) is 0 Å². The molecule has 0 bridgehead atoms. The first-order chi connectivity index (χ1) is 19.7. The Morgan fingerprint density at radius 1 is 0.375 bits per heavy atom. The molecular formula is C36H42Br2P2. The van der Waals surface area contributed by atoms with Crippen molar-refractivity contribution < 1.29 is 0 Å². The van der Waals surface area contributed by atoms with E-state index in [1.807, 2.05) is 0 Å². The quantitative estimate of drug-likeness (QED) is 0.0762. The zero-order valence-electron chi connectivity index (χ0n) is 23.4. The molecule has 0 aliphatic rings. The third kappa shape index (κ3) is 10.8. The molecule has 0 nitrogen and oxygen atoms in total. The maximum absolute atomic E-state index is 4.07. The van der Waals surface area contributed by atoms with Crippen LogP contribution in [0.5, 0.6) is 0 Å². The van der Waals surface area contributed by atoms with E-state index in [0.29, 0.717) is 11.8 Å². The zero-order valence-corrected chi connectivity index (χ0v) is 28.4. The Kier molecular flexibility index (Phi) is 14.5. The number of unbranched alkanes of at least 4 members (excludes halogenated alkanes) is 1. The van der Waals surface area contributed by atoms with Gasteiger partial charge < -0.3 is 0 Å². The molecule has 0 aliphatic heterocycles. The van der Waals surface area contributed by atoms with Crippen LogP contribution in [0, 0.1) is 0 Å². The van der Waals surface area contributed by atoms with Crippen LogP contribution >= 0.6 is 44.2 Å². The molecule has 0 amide bonds. The highest BCUT2D eigenvalue weighted by Gasteiger charge is 2.16. The fraction of sp³-hybridized carbons (Fsp3) is 0.333. The van der Waals surface area contributed by atoms with E-state index in [1.165, 1.54) is 85.4 Å². The molecule has 4 aromatic carbocycles. The number of rotatable bonds is 17. The largest absolute Gasteiger partial charge is 0.0622 e. The predicted octanol–water partition coefficient (Wildman–Crippen LogP) is 12.6. The standard InChI is InChI=1S/C36H42Br2P2/c37-39(29-15-25-35(31-17-5-1-6-18-31)32-19-7-2-8-20-32)27-13-14-28-40(38)30-16-26-36(33-21-9-3-10-22-33)34-23-11-4-12-24-34/h1-12,17-24,35-36H,13-16,25-30H2. The van der Waals surface area contributed by atoms with Gasteiger partial charge in [-0.3, -0.25) is 0 Å². The molecule has 210 valence electrons. The molecule has 0 saturated heterocycles. The van der Waals surface area contributed by atoms with Gasteiger partial charge in [-0.15, -0.1) is 0 Å². The zero-order chi connectivity index (χ0) is 27.8. The minimum atomic E-state index is -0.0467. The molecule has 4 heteroatoms. The Bertz CT molecular complexity index is 1010. The van der Waals surface area contributed by atoms with E-state index >= 15 is 0 Å². The minimum Gasteiger partial charge on any atom is -0.0622 e. The molecule has 2 atom stereocenters. The van der Waals surface area contributed by atoms with Crippen LogP contribution < -0.4 is 0 Å². The highest BCUT2D eigenvalue weighted by molar-refractivity contribution is 9.39. The van der Waals surface area contributed by atoms with Gasteiger partial charge in [-0.05, 0) is 98.7 Å². The third-order valence-corrected chi connectivity index (χ3v) is 15.1. The van der Waals surface area contributed by atoms with Crippen molar-refractivity contribution in [2.45, 2.75) is 50.4 Å². The molecule has 2 unspecified atom stereocenters. The number of hydrogen-bond acceptors (Lipinski definition) is 0. The van der Waals surface area contributed by atoms with Crippen LogP contribution in [0.2, 0.25) is 0 Å². The molecule has 0 fully saturated rings. The average Bonchev–Trinajstić information content (AvgIpc) is 3.01. The van der Waals surface area contributed by atoms with Crippen LogP contribution in [0.15, 0.2) is 121 Å². The van der Waals surface area contributed by atoms with Gasteiger partial charge in [0.1, 0.15) is 0 Å². The summed E-state index contributed by atoms with van der Waals surface area (Å²) in [5, 5.41) is 0. The molecule has 0 N–H and O–H groups in total. The smallest absolute Gasteiger partial charge is 0.00894 e. The van der Waals surface area contributed by atoms with Crippen molar-refractivity contribution in [2.75, 3.05) is 24.6 Å². The van der Waals surface area contributed by atoms with Gasteiger partial charge in [0, 0.05) is 11.8 Å². The molecule has 4 rings (SSSR count). The van der Waals surface area contributed by atoms with E-state index in [2.05, 4.69) is 152 Å². The SMILES string of the molecule is BrP(CCCCP(Br)CCCC(c1ccccc1)c1ccccc1)CCCC(c1ccccc1)c1ccccc1. The van der Waals surface area contributed by atoms with E-state index in [1.54, 1.807) is 0 Å². The van der Waals surface area contributed by atoms with Crippen molar-refractivity contribution in [3.8, 4) is 0 Å². The molecule has 0 spiro atoms. The van der Waals surface area contributed by atoms with Gasteiger partial charge in [0.25, 0.3) is 0 Å². The van der Waals surface area contributed by atoms with E-state index in [-0.39, 0.29) is 13.2 Å². The van der Waals surface area contributed by atoms with Crippen molar-refractivity contribution in [2.24, 2.45) is 0 Å². The highest BCUT2D eigenvalue weighted by Crippen LogP contribution is 2.49. The summed E-state index contributed by atoms with van der Waals surface area (Å²) < 4.78 is 0. The molecule has 40 heavy (non-hydrogen) atoms. The van der Waals surface area contributed by atoms with Crippen LogP contribution in [0.4, 0.5) is 0 Å². The first kappa shape index (κ1) is 31.6. The van der Waals surface area contributed by atoms with Crippen molar-refractivity contribution in [3.05, 3.63) is 144 Å². The average molecular weight is 696 g/mol. The highest BCUT2D eigenvalue weighted by atomic mass is 79.9. The first-order valence-electron chi connectivity index (χ1n) is 14.7. The summed E-state index contributed by atoms with van der Waals surface area (Å²) in [5.74, 6) is 0.997. The molecule has 0 aromatic heterocycles. The molecule has 0 saturated carbocycles. The minimum absolute atomic E-state index is 0.0467. The molecular weight excluding hydrogens is 654 g/mol. The Hall–Kier alpha value is -1.30. The van der Waals surface area contributed by atoms with Crippen molar-refractivity contribution >= 4 is 44.2 Å². The first-order valence-corrected chi connectivity index (χ1v) is 22.2. The second-order valence-corrected chi connectivity index (χ2v) is 20.2. The van der Waals surface area contributed by atoms with Crippen LogP contribution in [0.1, 0.15) is 72.6 Å². The Balaban J connectivity index is 1.13. The van der Waals surface area contributed by atoms with Gasteiger partial charge in [0.2, 0.25) is 0 Å². The lowest BCUT2D eigenvalue weighted by atomic mass is 9.88. The van der Waals surface area contributed by atoms with Crippen LogP contribution in [0.25, 0.3) is 0 Å². The lowest BCUT2D eigenvalue weighted by Gasteiger charge is -2.19. The third-order valence-electron chi connectivity index (χ3n) is 7.65. The van der Waals surface area contributed by atoms with Crippen molar-refractivity contribution in [1.29, 1.82) is 0 Å². The van der Waals surface area contributed by atoms with Gasteiger partial charge >= 0.3 is 0 Å². The van der Waals surface area contributed by atoms with E-state index in [0.717, 1.165) is 0 Å². The second kappa shape index (κ2) is 18.3. The molecule has 0 aliphatic carbocycles. The Labute approximate surface area is 261 Å². The lowest BCUT2D eigenvalue weighted by molar-refractivity contribution is 0.701. The monoisotopic (exact) mass is 694 g/mol. The fourth-order valence-electron chi connectivity index (χ4n) is 5.52. The maximum Gasteiger partial charge on any atom is 0.00894 e. The number of hydrogen-bond donors (Lipinski definition) is 0. The number of halogens is 2. The number of benzene rings is 4. The van der Waals surface area contributed by atoms with Crippen LogP contribution in [0.3, 0.4) is 0 Å². The Morgan fingerprint density at radius 3 is 0.900 bits per heavy atom. The fourth-order valence-corrected chi connectivity index (χ4v) is 11.2.